The molecule has 18 nitrogen and oxygen atoms in total. The average Bonchev–Trinajstić information content (AvgIpc) is 3.65. The zero-order valence-electron chi connectivity index (χ0n) is 22.2. The number of ether oxygens (including phenoxy) is 2. The van der Waals surface area contributed by atoms with Crippen molar-refractivity contribution >= 4 is 17.1 Å². The fourth-order valence-electron chi connectivity index (χ4n) is 4.66. The Morgan fingerprint density at radius 3 is 2.59 bits per heavy atom. The molecule has 4 unspecified atom stereocenters. The first-order valence-electron chi connectivity index (χ1n) is 12.5. The highest BCUT2D eigenvalue weighted by Gasteiger charge is 2.44. The van der Waals surface area contributed by atoms with Crippen LogP contribution < -0.4 is 22.5 Å². The van der Waals surface area contributed by atoms with Crippen LogP contribution in [0.3, 0.4) is 0 Å². The second kappa shape index (κ2) is 10.7. The molecule has 0 amide bonds. The summed E-state index contributed by atoms with van der Waals surface area (Å²) in [5.41, 5.74) is -1.85. The topological polar surface area (TPSA) is 213 Å². The van der Waals surface area contributed by atoms with Crippen molar-refractivity contribution in [1.29, 1.82) is 0 Å². The number of carbonyl (C=O) groups is 1. The third kappa shape index (κ3) is 4.92. The molecule has 4 atom stereocenters. The summed E-state index contributed by atoms with van der Waals surface area (Å²) >= 11 is 0. The lowest BCUT2D eigenvalue weighted by Crippen LogP contribution is -2.42. The van der Waals surface area contributed by atoms with Crippen LogP contribution in [-0.2, 0) is 54.6 Å². The van der Waals surface area contributed by atoms with Crippen LogP contribution in [0.1, 0.15) is 18.8 Å². The maximum atomic E-state index is 12.6. The number of hydrogen-bond donors (Lipinski definition) is 2. The summed E-state index contributed by atoms with van der Waals surface area (Å²) in [4.78, 5) is 65.7. The maximum Gasteiger partial charge on any atom is 0.333 e. The van der Waals surface area contributed by atoms with E-state index < -0.39 is 53.0 Å². The monoisotopic (exact) mass is 573 g/mol. The quantitative estimate of drug-likeness (QED) is 0.196. The first-order valence-corrected chi connectivity index (χ1v) is 12.5. The molecule has 0 saturated carbocycles. The number of imidazole rings is 1. The summed E-state index contributed by atoms with van der Waals surface area (Å²) in [6.45, 7) is 1.10. The zero-order valence-corrected chi connectivity index (χ0v) is 22.2. The van der Waals surface area contributed by atoms with Crippen molar-refractivity contribution in [2.75, 3.05) is 0 Å². The van der Waals surface area contributed by atoms with Crippen LogP contribution >= 0.6 is 0 Å². The molecule has 218 valence electrons. The molecule has 41 heavy (non-hydrogen) atoms. The summed E-state index contributed by atoms with van der Waals surface area (Å²) in [6, 6.07) is 1.17. The molecular weight excluding hydrogens is 546 g/mol. The molecule has 5 rings (SSSR count). The van der Waals surface area contributed by atoms with E-state index in [1.807, 2.05) is 0 Å². The van der Waals surface area contributed by atoms with Crippen molar-refractivity contribution in [2.24, 2.45) is 14.1 Å². The van der Waals surface area contributed by atoms with Crippen molar-refractivity contribution in [3.63, 3.8) is 0 Å². The first-order chi connectivity index (χ1) is 19.5. The molecule has 0 aromatic carbocycles. The van der Waals surface area contributed by atoms with Gasteiger partial charge in [0.1, 0.15) is 37.2 Å². The number of rotatable bonds is 8. The molecule has 0 spiro atoms. The lowest BCUT2D eigenvalue weighted by molar-refractivity contribution is -0.145. The Balaban J connectivity index is 1.22. The molecule has 5 heterocycles. The minimum atomic E-state index is -1.46. The Hall–Kier alpha value is -4.68. The van der Waals surface area contributed by atoms with Crippen LogP contribution in [0.2, 0.25) is 0 Å². The van der Waals surface area contributed by atoms with Crippen molar-refractivity contribution in [3.8, 4) is 0 Å². The second-order valence-electron chi connectivity index (χ2n) is 9.48. The average molecular weight is 574 g/mol. The van der Waals surface area contributed by atoms with Gasteiger partial charge in [-0.25, -0.2) is 19.3 Å². The number of aliphatic hydroxyl groups is 2. The van der Waals surface area contributed by atoms with Gasteiger partial charge >= 0.3 is 17.3 Å². The Morgan fingerprint density at radius 1 is 1.10 bits per heavy atom. The molecule has 1 fully saturated rings. The third-order valence-electron chi connectivity index (χ3n) is 6.87. The molecule has 4 aromatic rings. The summed E-state index contributed by atoms with van der Waals surface area (Å²) in [5, 5.41) is 28.9. The number of aromatic nitrogens is 9. The van der Waals surface area contributed by atoms with Crippen molar-refractivity contribution in [1.82, 2.24) is 42.8 Å². The van der Waals surface area contributed by atoms with Gasteiger partial charge in [0.15, 0.2) is 17.4 Å². The molecule has 4 aromatic heterocycles. The van der Waals surface area contributed by atoms with Crippen LogP contribution in [-0.4, -0.2) is 77.3 Å². The molecule has 1 aliphatic heterocycles. The molecule has 0 radical (unpaired) electrons. The predicted octanol–water partition coefficient (Wildman–Crippen LogP) is -3.57. The van der Waals surface area contributed by atoms with E-state index in [4.69, 9.17) is 9.47 Å². The van der Waals surface area contributed by atoms with Crippen molar-refractivity contribution in [3.05, 3.63) is 72.2 Å². The van der Waals surface area contributed by atoms with Gasteiger partial charge in [0.25, 0.3) is 11.1 Å². The number of aryl methyl sites for hydroxylation is 1. The van der Waals surface area contributed by atoms with Gasteiger partial charge < -0.3 is 24.3 Å². The molecule has 1 saturated heterocycles. The van der Waals surface area contributed by atoms with Crippen LogP contribution in [0.15, 0.2) is 44.0 Å². The Kier molecular flexibility index (Phi) is 7.28. The van der Waals surface area contributed by atoms with E-state index in [-0.39, 0.29) is 43.1 Å². The van der Waals surface area contributed by atoms with Crippen LogP contribution in [0, 0.1) is 0 Å². The van der Waals surface area contributed by atoms with E-state index in [1.54, 1.807) is 6.92 Å². The van der Waals surface area contributed by atoms with Gasteiger partial charge in [-0.3, -0.25) is 32.7 Å². The van der Waals surface area contributed by atoms with Crippen LogP contribution in [0.25, 0.3) is 11.2 Å². The van der Waals surface area contributed by atoms with Gasteiger partial charge in [0.05, 0.1) is 19.1 Å². The van der Waals surface area contributed by atoms with E-state index in [0.717, 1.165) is 13.7 Å². The van der Waals surface area contributed by atoms with E-state index in [2.05, 4.69) is 15.3 Å². The molecule has 18 heteroatoms. The predicted molar refractivity (Wildman–Crippen MR) is 137 cm³/mol. The highest BCUT2D eigenvalue weighted by Crippen LogP contribution is 2.29. The minimum absolute atomic E-state index is 0.0547. The molecule has 0 aliphatic carbocycles. The summed E-state index contributed by atoms with van der Waals surface area (Å²) in [7, 11) is 2.79. The van der Waals surface area contributed by atoms with E-state index in [9.17, 15) is 34.2 Å². The van der Waals surface area contributed by atoms with E-state index in [0.29, 0.717) is 0 Å². The lowest BCUT2D eigenvalue weighted by Gasteiger charge is -2.18. The normalized spacial score (nSPS) is 20.6. The third-order valence-corrected chi connectivity index (χ3v) is 6.87. The fraction of sp³-hybridized carbons (Fsp3) is 0.478. The lowest BCUT2D eigenvalue weighted by atomic mass is 10.1. The van der Waals surface area contributed by atoms with E-state index >= 15 is 0 Å². The number of carbonyl (C=O) groups excluding carboxylic acids is 1. The van der Waals surface area contributed by atoms with Gasteiger partial charge in [-0.05, 0) is 6.92 Å². The van der Waals surface area contributed by atoms with Crippen molar-refractivity contribution < 1.29 is 24.5 Å². The van der Waals surface area contributed by atoms with Gasteiger partial charge in [-0.15, -0.1) is 5.10 Å². The van der Waals surface area contributed by atoms with Gasteiger partial charge in [-0.1, -0.05) is 5.21 Å². The highest BCUT2D eigenvalue weighted by molar-refractivity contribution is 5.75. The summed E-state index contributed by atoms with van der Waals surface area (Å²) < 4.78 is 17.7. The zero-order chi connectivity index (χ0) is 29.6. The highest BCUT2D eigenvalue weighted by atomic mass is 16.6. The van der Waals surface area contributed by atoms with Gasteiger partial charge in [-0.2, -0.15) is 0 Å². The number of fused-ring (bicyclic) bond motifs is 1. The Morgan fingerprint density at radius 2 is 1.85 bits per heavy atom. The largest absolute Gasteiger partial charge is 0.458 e. The molecule has 2 N–H and O–H groups in total. The van der Waals surface area contributed by atoms with Crippen molar-refractivity contribution in [2.45, 2.75) is 57.7 Å². The standard InChI is InChI=1S/C23H27N9O9/c1-4-31-14(33)5-6-32(23(31)39)21-18(36)17(35)13(41-21)8-30-7-12(25-26-30)10-40-15(34)9-29-11-24-19-16(29)20(37)28(3)22(38)27(19)2/h5-7,11,13,17-18,21,35-36H,4,8-10H2,1-3H3. The maximum absolute atomic E-state index is 12.6. The Bertz CT molecular complexity index is 1860. The molecular formula is C23H27N9O9. The smallest absolute Gasteiger partial charge is 0.333 e. The summed E-state index contributed by atoms with van der Waals surface area (Å²) in [6.07, 6.45) is -1.13. The van der Waals surface area contributed by atoms with Gasteiger partial charge in [0, 0.05) is 32.9 Å². The molecule has 0 bridgehead atoms. The molecule has 1 aliphatic rings. The first kappa shape index (κ1) is 27.9. The number of hydrogen-bond acceptors (Lipinski definition) is 12. The van der Waals surface area contributed by atoms with E-state index in [1.165, 1.54) is 52.7 Å². The Labute approximate surface area is 228 Å². The SMILES string of the molecule is CCn1c(=O)ccn(C2OC(Cn3cc(COC(=O)Cn4cnc5c4c(=O)n(C)c(=O)n5C)nn3)C(O)C2O)c1=O. The summed E-state index contributed by atoms with van der Waals surface area (Å²) in [5.74, 6) is -0.700. The van der Waals surface area contributed by atoms with Crippen LogP contribution in [0.5, 0.6) is 0 Å². The number of aliphatic hydroxyl groups excluding tert-OH is 2. The fourth-order valence-corrected chi connectivity index (χ4v) is 4.66. The minimum Gasteiger partial charge on any atom is -0.458 e. The number of nitrogens with zero attached hydrogens (tertiary/aromatic N) is 9. The van der Waals surface area contributed by atoms with Gasteiger partial charge in [0.2, 0.25) is 0 Å². The number of esters is 1. The van der Waals surface area contributed by atoms with Crippen LogP contribution in [0.4, 0.5) is 0 Å². The second-order valence-corrected chi connectivity index (χ2v) is 9.48.